The summed E-state index contributed by atoms with van der Waals surface area (Å²) in [5, 5.41) is 3.96. The summed E-state index contributed by atoms with van der Waals surface area (Å²) in [6.07, 6.45) is 1.71. The van der Waals surface area contributed by atoms with Crippen molar-refractivity contribution in [3.63, 3.8) is 0 Å². The first-order valence-electron chi connectivity index (χ1n) is 8.30. The number of carbonyl (C=O) groups is 1. The standard InChI is InChI=1S/C21H15ClN2O2S/c1-13-6-2-5-9-17(13)23-21-24-20(25)19(27-21)12-14-10-11-18(26-14)15-7-3-4-8-16(15)22/h2-12H,1H3,(H,23,24,25). The molecule has 0 saturated carbocycles. The van der Waals surface area contributed by atoms with E-state index in [9.17, 15) is 4.79 Å². The van der Waals surface area contributed by atoms with E-state index >= 15 is 0 Å². The van der Waals surface area contributed by atoms with Crippen molar-refractivity contribution in [2.24, 2.45) is 4.99 Å². The third-order valence-electron chi connectivity index (χ3n) is 4.03. The Labute approximate surface area is 166 Å². The lowest BCUT2D eigenvalue weighted by molar-refractivity contribution is -0.115. The van der Waals surface area contributed by atoms with Crippen molar-refractivity contribution in [3.05, 3.63) is 81.9 Å². The Bertz CT molecular complexity index is 1090. The van der Waals surface area contributed by atoms with Crippen LogP contribution in [0.25, 0.3) is 17.4 Å². The lowest BCUT2D eigenvalue weighted by Gasteiger charge is -1.99. The Morgan fingerprint density at radius 1 is 1.07 bits per heavy atom. The molecule has 0 atom stereocenters. The molecule has 4 nitrogen and oxygen atoms in total. The fourth-order valence-corrected chi connectivity index (χ4v) is 3.69. The van der Waals surface area contributed by atoms with Crippen molar-refractivity contribution in [3.8, 4) is 11.3 Å². The molecule has 1 aliphatic rings. The van der Waals surface area contributed by atoms with Crippen molar-refractivity contribution >= 4 is 46.2 Å². The number of aliphatic imine (C=N–C) groups is 1. The van der Waals surface area contributed by atoms with Crippen molar-refractivity contribution in [2.75, 3.05) is 0 Å². The lowest BCUT2D eigenvalue weighted by atomic mass is 10.2. The number of hydrogen-bond acceptors (Lipinski definition) is 4. The highest BCUT2D eigenvalue weighted by atomic mass is 35.5. The van der Waals surface area contributed by atoms with Crippen LogP contribution in [0.2, 0.25) is 5.02 Å². The number of carbonyl (C=O) groups excluding carboxylic acids is 1. The van der Waals surface area contributed by atoms with Crippen LogP contribution in [0.3, 0.4) is 0 Å². The van der Waals surface area contributed by atoms with Crippen LogP contribution in [0.4, 0.5) is 5.69 Å². The van der Waals surface area contributed by atoms with Gasteiger partial charge in [0.1, 0.15) is 11.5 Å². The molecule has 2 aromatic carbocycles. The molecule has 1 N–H and O–H groups in total. The number of furan rings is 1. The quantitative estimate of drug-likeness (QED) is 0.571. The molecule has 0 unspecified atom stereocenters. The lowest BCUT2D eigenvalue weighted by Crippen LogP contribution is -2.19. The molecule has 2 heterocycles. The van der Waals surface area contributed by atoms with Crippen LogP contribution in [0, 0.1) is 6.92 Å². The van der Waals surface area contributed by atoms with Gasteiger partial charge in [-0.15, -0.1) is 0 Å². The van der Waals surface area contributed by atoms with E-state index in [-0.39, 0.29) is 5.91 Å². The third-order valence-corrected chi connectivity index (χ3v) is 5.27. The summed E-state index contributed by atoms with van der Waals surface area (Å²) in [7, 11) is 0. The Morgan fingerprint density at radius 2 is 1.85 bits per heavy atom. The second-order valence-electron chi connectivity index (χ2n) is 5.95. The van der Waals surface area contributed by atoms with E-state index in [2.05, 4.69) is 10.3 Å². The Hall–Kier alpha value is -2.76. The predicted molar refractivity (Wildman–Crippen MR) is 111 cm³/mol. The Morgan fingerprint density at radius 3 is 2.67 bits per heavy atom. The van der Waals surface area contributed by atoms with Gasteiger partial charge in [-0.05, 0) is 54.6 Å². The number of rotatable bonds is 3. The molecule has 1 saturated heterocycles. The molecule has 1 aromatic heterocycles. The summed E-state index contributed by atoms with van der Waals surface area (Å²) in [5.41, 5.74) is 2.70. The van der Waals surface area contributed by atoms with E-state index in [1.54, 1.807) is 6.08 Å². The molecule has 27 heavy (non-hydrogen) atoms. The van der Waals surface area contributed by atoms with E-state index in [1.807, 2.05) is 67.6 Å². The fraction of sp³-hybridized carbons (Fsp3) is 0.0476. The molecule has 134 valence electrons. The summed E-state index contributed by atoms with van der Waals surface area (Å²) >= 11 is 7.50. The highest BCUT2D eigenvalue weighted by Crippen LogP contribution is 2.32. The number of halogens is 1. The van der Waals surface area contributed by atoms with E-state index in [0.717, 1.165) is 16.8 Å². The highest BCUT2D eigenvalue weighted by Gasteiger charge is 2.24. The zero-order valence-corrected chi connectivity index (χ0v) is 16.0. The maximum atomic E-state index is 12.3. The van der Waals surface area contributed by atoms with Gasteiger partial charge in [-0.1, -0.05) is 41.9 Å². The Balaban J connectivity index is 1.58. The first kappa shape index (κ1) is 17.6. The van der Waals surface area contributed by atoms with Crippen LogP contribution in [-0.2, 0) is 4.79 Å². The van der Waals surface area contributed by atoms with Gasteiger partial charge in [-0.2, -0.15) is 0 Å². The van der Waals surface area contributed by atoms with Gasteiger partial charge >= 0.3 is 0 Å². The second kappa shape index (κ2) is 7.47. The molecule has 0 radical (unpaired) electrons. The fourth-order valence-electron chi connectivity index (χ4n) is 2.64. The molecule has 1 amide bonds. The number of nitrogens with zero attached hydrogens (tertiary/aromatic N) is 1. The molecular formula is C21H15ClN2O2S. The number of hydrogen-bond donors (Lipinski definition) is 1. The van der Waals surface area contributed by atoms with Gasteiger partial charge in [-0.3, -0.25) is 4.79 Å². The van der Waals surface area contributed by atoms with Gasteiger partial charge in [0.2, 0.25) is 0 Å². The van der Waals surface area contributed by atoms with Crippen molar-refractivity contribution in [1.82, 2.24) is 5.32 Å². The van der Waals surface area contributed by atoms with Crippen molar-refractivity contribution in [2.45, 2.75) is 6.92 Å². The van der Waals surface area contributed by atoms with Crippen molar-refractivity contribution < 1.29 is 9.21 Å². The minimum Gasteiger partial charge on any atom is -0.457 e. The van der Waals surface area contributed by atoms with Crippen LogP contribution in [0.5, 0.6) is 0 Å². The molecule has 1 fully saturated rings. The first-order valence-corrected chi connectivity index (χ1v) is 9.49. The summed E-state index contributed by atoms with van der Waals surface area (Å²) < 4.78 is 5.84. The maximum absolute atomic E-state index is 12.3. The van der Waals surface area contributed by atoms with Crippen LogP contribution < -0.4 is 5.32 Å². The van der Waals surface area contributed by atoms with Crippen LogP contribution >= 0.6 is 23.4 Å². The van der Waals surface area contributed by atoms with Gasteiger partial charge < -0.3 is 9.73 Å². The number of para-hydroxylation sites is 1. The average Bonchev–Trinajstić information content (AvgIpc) is 3.25. The molecule has 6 heteroatoms. The second-order valence-corrected chi connectivity index (χ2v) is 7.39. The molecule has 0 bridgehead atoms. The minimum atomic E-state index is -0.192. The van der Waals surface area contributed by atoms with Gasteiger partial charge in [-0.25, -0.2) is 4.99 Å². The third kappa shape index (κ3) is 3.84. The van der Waals surface area contributed by atoms with Gasteiger partial charge in [0.05, 0.1) is 15.6 Å². The molecular weight excluding hydrogens is 380 g/mol. The zero-order chi connectivity index (χ0) is 18.8. The van der Waals surface area contributed by atoms with E-state index < -0.39 is 0 Å². The molecule has 1 aliphatic heterocycles. The summed E-state index contributed by atoms with van der Waals surface area (Å²) in [5.74, 6) is 1.05. The maximum Gasteiger partial charge on any atom is 0.264 e. The van der Waals surface area contributed by atoms with Crippen LogP contribution in [0.1, 0.15) is 11.3 Å². The van der Waals surface area contributed by atoms with E-state index in [4.69, 9.17) is 16.0 Å². The van der Waals surface area contributed by atoms with Gasteiger partial charge in [0.15, 0.2) is 5.17 Å². The molecule has 0 spiro atoms. The first-order chi connectivity index (χ1) is 13.1. The topological polar surface area (TPSA) is 54.6 Å². The molecule has 3 aromatic rings. The summed E-state index contributed by atoms with van der Waals surface area (Å²) in [4.78, 5) is 17.3. The van der Waals surface area contributed by atoms with E-state index in [0.29, 0.717) is 26.6 Å². The minimum absolute atomic E-state index is 0.192. The molecule has 4 rings (SSSR count). The zero-order valence-electron chi connectivity index (χ0n) is 14.4. The number of thioether (sulfide) groups is 1. The smallest absolute Gasteiger partial charge is 0.264 e. The van der Waals surface area contributed by atoms with Crippen LogP contribution in [-0.4, -0.2) is 11.1 Å². The van der Waals surface area contributed by atoms with Gasteiger partial charge in [0.25, 0.3) is 5.91 Å². The number of amides is 1. The Kier molecular flexibility index (Phi) is 4.88. The van der Waals surface area contributed by atoms with Crippen LogP contribution in [0.15, 0.2) is 75.0 Å². The highest BCUT2D eigenvalue weighted by molar-refractivity contribution is 8.18. The van der Waals surface area contributed by atoms with E-state index in [1.165, 1.54) is 11.8 Å². The normalized spacial score (nSPS) is 16.9. The largest absolute Gasteiger partial charge is 0.457 e. The number of aryl methyl sites for hydroxylation is 1. The average molecular weight is 395 g/mol. The SMILES string of the molecule is Cc1ccccc1N=C1NC(=O)C(=Cc2ccc(-c3ccccc3Cl)o2)S1. The summed E-state index contributed by atoms with van der Waals surface area (Å²) in [6.45, 7) is 1.98. The number of amidine groups is 1. The van der Waals surface area contributed by atoms with Gasteiger partial charge in [0, 0.05) is 11.6 Å². The molecule has 0 aliphatic carbocycles. The van der Waals surface area contributed by atoms with Crippen molar-refractivity contribution in [1.29, 1.82) is 0 Å². The monoisotopic (exact) mass is 394 g/mol. The number of nitrogens with one attached hydrogen (secondary N) is 1. The summed E-state index contributed by atoms with van der Waals surface area (Å²) in [6, 6.07) is 18.9. The number of benzene rings is 2. The predicted octanol–water partition coefficient (Wildman–Crippen LogP) is 5.80.